The molecule has 0 bridgehead atoms. The zero-order valence-corrected chi connectivity index (χ0v) is 25.0. The number of para-hydroxylation sites is 1. The Morgan fingerprint density at radius 1 is 1.11 bits per heavy atom. The number of hydrogen-bond acceptors (Lipinski definition) is 9. The van der Waals surface area contributed by atoms with Crippen LogP contribution >= 0.6 is 12.2 Å². The van der Waals surface area contributed by atoms with E-state index in [0.29, 0.717) is 45.4 Å². The van der Waals surface area contributed by atoms with E-state index in [0.717, 1.165) is 6.07 Å². The number of nitrogens with one attached hydrogen (secondary N) is 3. The molecule has 0 unspecified atom stereocenters. The third-order valence-corrected chi connectivity index (χ3v) is 6.57. The SMILES string of the molecule is CCOC(=O)C1=C(C)NC(=S)N[C@@H]1c1ccccc1OCC(=O)NN=Cc1ccc(Oc2ccc(C(F)(F)F)cc2[N+](=O)[O-])cc1. The molecule has 0 radical (unpaired) electrons. The lowest BCUT2D eigenvalue weighted by Crippen LogP contribution is -2.45. The van der Waals surface area contributed by atoms with Gasteiger partial charge < -0.3 is 24.8 Å². The number of alkyl halides is 3. The maximum atomic E-state index is 12.9. The van der Waals surface area contributed by atoms with Crippen LogP contribution in [0.5, 0.6) is 17.2 Å². The molecule has 0 aliphatic carbocycles. The van der Waals surface area contributed by atoms with Crippen LogP contribution in [0.2, 0.25) is 0 Å². The molecule has 1 aliphatic rings. The van der Waals surface area contributed by atoms with Crippen molar-refractivity contribution in [3.63, 3.8) is 0 Å². The first kappa shape index (κ1) is 33.4. The van der Waals surface area contributed by atoms with E-state index in [4.69, 9.17) is 26.4 Å². The van der Waals surface area contributed by atoms with Crippen LogP contribution in [-0.2, 0) is 20.5 Å². The lowest BCUT2D eigenvalue weighted by atomic mass is 9.95. The number of carbonyl (C=O) groups excluding carboxylic acids is 2. The smallest absolute Gasteiger partial charge is 0.416 e. The Hall–Kier alpha value is -5.51. The van der Waals surface area contributed by atoms with Gasteiger partial charge in [-0.2, -0.15) is 18.3 Å². The number of hydrazone groups is 1. The van der Waals surface area contributed by atoms with Crippen molar-refractivity contribution in [1.29, 1.82) is 0 Å². The minimum absolute atomic E-state index is 0.122. The average molecular weight is 658 g/mol. The highest BCUT2D eigenvalue weighted by Gasteiger charge is 2.34. The summed E-state index contributed by atoms with van der Waals surface area (Å²) in [5.41, 5.74) is 2.21. The number of nitro groups is 1. The van der Waals surface area contributed by atoms with Crippen molar-refractivity contribution in [2.24, 2.45) is 5.10 Å². The van der Waals surface area contributed by atoms with E-state index < -0.39 is 46.9 Å². The second kappa shape index (κ2) is 14.5. The highest BCUT2D eigenvalue weighted by molar-refractivity contribution is 7.80. The zero-order valence-electron chi connectivity index (χ0n) is 24.2. The zero-order chi connectivity index (χ0) is 33.4. The van der Waals surface area contributed by atoms with Crippen LogP contribution in [0.4, 0.5) is 18.9 Å². The number of hydrogen-bond donors (Lipinski definition) is 3. The summed E-state index contributed by atoms with van der Waals surface area (Å²) in [5.74, 6) is -1.05. The van der Waals surface area contributed by atoms with Crippen LogP contribution < -0.4 is 25.5 Å². The molecule has 0 saturated carbocycles. The number of ether oxygens (including phenoxy) is 3. The summed E-state index contributed by atoms with van der Waals surface area (Å²) in [5, 5.41) is 21.4. The lowest BCUT2D eigenvalue weighted by Gasteiger charge is -2.30. The molecule has 3 aromatic carbocycles. The van der Waals surface area contributed by atoms with Gasteiger partial charge in [-0.05, 0) is 74.1 Å². The fourth-order valence-electron chi connectivity index (χ4n) is 4.28. The van der Waals surface area contributed by atoms with Crippen LogP contribution in [0.15, 0.2) is 83.1 Å². The van der Waals surface area contributed by atoms with E-state index >= 15 is 0 Å². The van der Waals surface area contributed by atoms with Crippen molar-refractivity contribution in [2.75, 3.05) is 13.2 Å². The number of rotatable bonds is 11. The van der Waals surface area contributed by atoms with Gasteiger partial charge in [-0.3, -0.25) is 14.9 Å². The second-order valence-electron chi connectivity index (χ2n) is 9.52. The normalized spacial score (nSPS) is 14.7. The standard InChI is InChI=1S/C30H26F3N5O7S/c1-3-43-28(40)26-17(2)35-29(46)36-27(26)21-6-4-5-7-23(21)44-16-25(39)37-34-15-18-8-11-20(12-9-18)45-24-13-10-19(30(31,32)33)14-22(24)38(41)42/h4-15,27H,3,16H2,1-2H3,(H,37,39)(H2,35,36,46)/t27-/m1/s1. The molecule has 240 valence electrons. The quantitative estimate of drug-likeness (QED) is 0.0815. The molecule has 3 aromatic rings. The number of thiocarbonyl (C=S) groups is 1. The molecule has 0 saturated heterocycles. The van der Waals surface area contributed by atoms with Gasteiger partial charge >= 0.3 is 17.8 Å². The first-order valence-corrected chi connectivity index (χ1v) is 13.9. The van der Waals surface area contributed by atoms with Gasteiger partial charge in [0, 0.05) is 17.3 Å². The van der Waals surface area contributed by atoms with Crippen LogP contribution in [-0.4, -0.2) is 41.3 Å². The average Bonchev–Trinajstić information content (AvgIpc) is 3.00. The molecule has 0 spiro atoms. The molecule has 4 rings (SSSR count). The van der Waals surface area contributed by atoms with Crippen molar-refractivity contribution < 1.29 is 41.9 Å². The molecule has 0 fully saturated rings. The van der Waals surface area contributed by atoms with Gasteiger partial charge in [-0.1, -0.05) is 18.2 Å². The van der Waals surface area contributed by atoms with E-state index in [9.17, 15) is 32.9 Å². The molecule has 3 N–H and O–H groups in total. The van der Waals surface area contributed by atoms with E-state index in [1.807, 2.05) is 0 Å². The predicted molar refractivity (Wildman–Crippen MR) is 163 cm³/mol. The third-order valence-electron chi connectivity index (χ3n) is 6.35. The topological polar surface area (TPSA) is 153 Å². The molecule has 1 amide bonds. The maximum absolute atomic E-state index is 12.9. The number of carbonyl (C=O) groups is 2. The Kier molecular flexibility index (Phi) is 10.5. The number of allylic oxidation sites excluding steroid dienone is 1. The summed E-state index contributed by atoms with van der Waals surface area (Å²) in [6.07, 6.45) is -3.43. The van der Waals surface area contributed by atoms with Crippen molar-refractivity contribution in [1.82, 2.24) is 16.1 Å². The van der Waals surface area contributed by atoms with Crippen LogP contribution in [0.1, 0.15) is 36.6 Å². The lowest BCUT2D eigenvalue weighted by molar-refractivity contribution is -0.385. The summed E-state index contributed by atoms with van der Waals surface area (Å²) in [7, 11) is 0. The molecule has 1 aliphatic heterocycles. The Morgan fingerprint density at radius 3 is 2.50 bits per heavy atom. The molecular weight excluding hydrogens is 631 g/mol. The molecule has 12 nitrogen and oxygen atoms in total. The fourth-order valence-corrected chi connectivity index (χ4v) is 4.55. The van der Waals surface area contributed by atoms with Crippen molar-refractivity contribution in [2.45, 2.75) is 26.1 Å². The van der Waals surface area contributed by atoms with Gasteiger partial charge in [0.1, 0.15) is 11.5 Å². The summed E-state index contributed by atoms with van der Waals surface area (Å²) in [6.45, 7) is 3.16. The molecular formula is C30H26F3N5O7S. The highest BCUT2D eigenvalue weighted by atomic mass is 32.1. The molecule has 0 aromatic heterocycles. The Balaban J connectivity index is 1.37. The Labute approximate surface area is 265 Å². The number of amides is 1. The molecule has 1 atom stereocenters. The maximum Gasteiger partial charge on any atom is 0.416 e. The number of nitro benzene ring substituents is 1. The minimum Gasteiger partial charge on any atom is -0.483 e. The van der Waals surface area contributed by atoms with Crippen molar-refractivity contribution in [3.05, 3.63) is 105 Å². The van der Waals surface area contributed by atoms with Crippen LogP contribution in [0.3, 0.4) is 0 Å². The first-order valence-electron chi connectivity index (χ1n) is 13.5. The predicted octanol–water partition coefficient (Wildman–Crippen LogP) is 5.29. The van der Waals surface area contributed by atoms with Gasteiger partial charge in [-0.25, -0.2) is 10.2 Å². The highest BCUT2D eigenvalue weighted by Crippen LogP contribution is 2.38. The van der Waals surface area contributed by atoms with Crippen molar-refractivity contribution in [3.8, 4) is 17.2 Å². The monoisotopic (exact) mass is 657 g/mol. The summed E-state index contributed by atoms with van der Waals surface area (Å²) >= 11 is 5.27. The molecule has 46 heavy (non-hydrogen) atoms. The second-order valence-corrected chi connectivity index (χ2v) is 9.93. The van der Waals surface area contributed by atoms with Crippen molar-refractivity contribution >= 4 is 41.1 Å². The van der Waals surface area contributed by atoms with Gasteiger partial charge in [0.2, 0.25) is 5.75 Å². The largest absolute Gasteiger partial charge is 0.483 e. The van der Waals surface area contributed by atoms with Gasteiger partial charge in [-0.15, -0.1) is 0 Å². The van der Waals surface area contributed by atoms with Crippen LogP contribution in [0.25, 0.3) is 0 Å². The Morgan fingerprint density at radius 2 is 1.83 bits per heavy atom. The summed E-state index contributed by atoms with van der Waals surface area (Å²) < 4.78 is 55.2. The van der Waals surface area contributed by atoms with Gasteiger partial charge in [0.05, 0.1) is 34.9 Å². The first-order chi connectivity index (χ1) is 21.9. The summed E-state index contributed by atoms with van der Waals surface area (Å²) in [6, 6.07) is 14.0. The van der Waals surface area contributed by atoms with E-state index in [-0.39, 0.29) is 18.1 Å². The third kappa shape index (κ3) is 8.35. The number of benzene rings is 3. The number of esters is 1. The van der Waals surface area contributed by atoms with Gasteiger partial charge in [0.15, 0.2) is 11.7 Å². The Bertz CT molecular complexity index is 1710. The number of halogens is 3. The molecule has 16 heteroatoms. The summed E-state index contributed by atoms with van der Waals surface area (Å²) in [4.78, 5) is 35.5. The fraction of sp³-hybridized carbons (Fsp3) is 0.200. The van der Waals surface area contributed by atoms with E-state index in [2.05, 4.69) is 21.2 Å². The number of nitrogens with zero attached hydrogens (tertiary/aromatic N) is 2. The van der Waals surface area contributed by atoms with Gasteiger partial charge in [0.25, 0.3) is 5.91 Å². The van der Waals surface area contributed by atoms with Crippen LogP contribution in [0, 0.1) is 10.1 Å². The van der Waals surface area contributed by atoms with E-state index in [1.54, 1.807) is 38.1 Å². The molecule has 1 heterocycles. The minimum atomic E-state index is -4.75. The van der Waals surface area contributed by atoms with E-state index in [1.165, 1.54) is 30.5 Å².